The molecule has 3 nitrogen and oxygen atoms in total. The van der Waals surface area contributed by atoms with Crippen molar-refractivity contribution < 1.29 is 4.79 Å². The number of hydrogen-bond acceptors (Lipinski definition) is 2. The number of piperidine rings is 1. The Morgan fingerprint density at radius 1 is 1.19 bits per heavy atom. The summed E-state index contributed by atoms with van der Waals surface area (Å²) in [4.78, 5) is 14.7. The molecular formula is C22H27ClN2O. The highest BCUT2D eigenvalue weighted by atomic mass is 35.5. The molecule has 1 heterocycles. The number of hydrogen-bond donors (Lipinski definition) is 1. The maximum absolute atomic E-state index is 12.3. The number of amides is 1. The van der Waals surface area contributed by atoms with Gasteiger partial charge >= 0.3 is 0 Å². The van der Waals surface area contributed by atoms with Crippen molar-refractivity contribution in [2.24, 2.45) is 5.92 Å². The summed E-state index contributed by atoms with van der Waals surface area (Å²) in [7, 11) is 0. The summed E-state index contributed by atoms with van der Waals surface area (Å²) < 4.78 is 0. The minimum Gasteiger partial charge on any atom is -0.371 e. The van der Waals surface area contributed by atoms with Gasteiger partial charge in [-0.25, -0.2) is 0 Å². The molecule has 0 spiro atoms. The fraction of sp³-hybridized carbons (Fsp3) is 0.409. The topological polar surface area (TPSA) is 32.3 Å². The molecule has 0 radical (unpaired) electrons. The summed E-state index contributed by atoms with van der Waals surface area (Å²) in [6.45, 7) is 6.61. The summed E-state index contributed by atoms with van der Waals surface area (Å²) in [5.74, 6) is 0.781. The zero-order valence-corrected chi connectivity index (χ0v) is 16.3. The number of carbonyl (C=O) groups is 1. The Hall–Kier alpha value is -2.00. The van der Waals surface area contributed by atoms with Crippen LogP contribution in [0.3, 0.4) is 0 Å². The fourth-order valence-corrected chi connectivity index (χ4v) is 3.69. The zero-order chi connectivity index (χ0) is 18.5. The molecule has 1 fully saturated rings. The third-order valence-electron chi connectivity index (χ3n) is 5.07. The second-order valence-electron chi connectivity index (χ2n) is 7.38. The molecule has 4 heteroatoms. The molecular weight excluding hydrogens is 344 g/mol. The van der Waals surface area contributed by atoms with Crippen LogP contribution in [-0.4, -0.2) is 19.0 Å². The molecule has 2 atom stereocenters. The monoisotopic (exact) mass is 370 g/mol. The number of halogens is 1. The lowest BCUT2D eigenvalue weighted by Crippen LogP contribution is -2.34. The molecule has 0 bridgehead atoms. The average Bonchev–Trinajstić information content (AvgIpc) is 2.64. The molecule has 3 rings (SSSR count). The Morgan fingerprint density at radius 3 is 2.54 bits per heavy atom. The number of carbonyl (C=O) groups excluding carboxylic acids is 1. The van der Waals surface area contributed by atoms with Crippen LogP contribution in [-0.2, 0) is 11.2 Å². The predicted molar refractivity (Wildman–Crippen MR) is 109 cm³/mol. The molecule has 1 aliphatic rings. The van der Waals surface area contributed by atoms with E-state index in [1.165, 1.54) is 18.5 Å². The van der Waals surface area contributed by atoms with E-state index in [-0.39, 0.29) is 11.9 Å². The van der Waals surface area contributed by atoms with Crippen LogP contribution in [0.15, 0.2) is 48.5 Å². The van der Waals surface area contributed by atoms with Crippen molar-refractivity contribution in [3.63, 3.8) is 0 Å². The lowest BCUT2D eigenvalue weighted by Gasteiger charge is -2.33. The van der Waals surface area contributed by atoms with Crippen LogP contribution in [0.1, 0.15) is 43.9 Å². The summed E-state index contributed by atoms with van der Waals surface area (Å²) in [6.07, 6.45) is 2.95. The van der Waals surface area contributed by atoms with Crippen LogP contribution in [0.5, 0.6) is 0 Å². The van der Waals surface area contributed by atoms with Gasteiger partial charge in [0.25, 0.3) is 0 Å². The number of nitrogens with zero attached hydrogens (tertiary/aromatic N) is 1. The molecule has 26 heavy (non-hydrogen) atoms. The maximum Gasteiger partial charge on any atom is 0.224 e. The van der Waals surface area contributed by atoms with Gasteiger partial charge in [0.1, 0.15) is 0 Å². The van der Waals surface area contributed by atoms with Crippen molar-refractivity contribution in [2.75, 3.05) is 18.0 Å². The molecule has 138 valence electrons. The van der Waals surface area contributed by atoms with Gasteiger partial charge in [-0.15, -0.1) is 0 Å². The van der Waals surface area contributed by atoms with E-state index in [1.54, 1.807) is 0 Å². The van der Waals surface area contributed by atoms with Crippen molar-refractivity contribution in [2.45, 2.75) is 39.2 Å². The van der Waals surface area contributed by atoms with E-state index in [9.17, 15) is 4.79 Å². The van der Waals surface area contributed by atoms with Crippen LogP contribution in [0.4, 0.5) is 5.69 Å². The Kier molecular flexibility index (Phi) is 6.20. The number of nitrogens with one attached hydrogen (secondary N) is 1. The summed E-state index contributed by atoms with van der Waals surface area (Å²) in [5.41, 5.74) is 3.37. The Morgan fingerprint density at radius 2 is 1.88 bits per heavy atom. The molecule has 0 unspecified atom stereocenters. The van der Waals surface area contributed by atoms with E-state index in [4.69, 9.17) is 11.6 Å². The smallest absolute Gasteiger partial charge is 0.224 e. The average molecular weight is 371 g/mol. The van der Waals surface area contributed by atoms with Crippen molar-refractivity contribution in [1.29, 1.82) is 0 Å². The van der Waals surface area contributed by atoms with E-state index in [0.717, 1.165) is 30.1 Å². The van der Waals surface area contributed by atoms with Crippen molar-refractivity contribution in [3.8, 4) is 0 Å². The van der Waals surface area contributed by atoms with E-state index < -0.39 is 0 Å². The quantitative estimate of drug-likeness (QED) is 0.803. The zero-order valence-electron chi connectivity index (χ0n) is 15.5. The number of benzene rings is 2. The van der Waals surface area contributed by atoms with Gasteiger partial charge in [0.15, 0.2) is 0 Å². The fourth-order valence-electron chi connectivity index (χ4n) is 3.56. The molecule has 0 aliphatic carbocycles. The lowest BCUT2D eigenvalue weighted by atomic mass is 9.99. The van der Waals surface area contributed by atoms with Gasteiger partial charge < -0.3 is 10.2 Å². The largest absolute Gasteiger partial charge is 0.371 e. The van der Waals surface area contributed by atoms with Crippen LogP contribution < -0.4 is 10.2 Å². The second-order valence-corrected chi connectivity index (χ2v) is 7.81. The molecule has 2 aromatic carbocycles. The number of anilines is 1. The Labute approximate surface area is 161 Å². The minimum absolute atomic E-state index is 0.0101. The van der Waals surface area contributed by atoms with Gasteiger partial charge in [-0.2, -0.15) is 0 Å². The van der Waals surface area contributed by atoms with Crippen LogP contribution >= 0.6 is 11.6 Å². The Bertz CT molecular complexity index is 727. The third kappa shape index (κ3) is 5.01. The van der Waals surface area contributed by atoms with Crippen LogP contribution in [0, 0.1) is 5.92 Å². The van der Waals surface area contributed by atoms with Gasteiger partial charge in [-0.05, 0) is 61.1 Å². The van der Waals surface area contributed by atoms with Crippen molar-refractivity contribution in [1.82, 2.24) is 5.32 Å². The van der Waals surface area contributed by atoms with Gasteiger partial charge in [0.2, 0.25) is 5.91 Å². The normalized spacial score (nSPS) is 18.4. The standard InChI is InChI=1S/C22H27ClN2O/c1-16-4-3-13-25(15-16)21-11-7-19(8-12-21)17(2)24-22(26)14-18-5-9-20(23)10-6-18/h5-12,16-17H,3-4,13-15H2,1-2H3,(H,24,26)/t16-,17+/m1/s1. The summed E-state index contributed by atoms with van der Waals surface area (Å²) in [5, 5.41) is 3.77. The molecule has 2 aromatic rings. The van der Waals surface area contributed by atoms with E-state index in [2.05, 4.69) is 41.4 Å². The molecule has 1 aliphatic heterocycles. The van der Waals surface area contributed by atoms with Crippen molar-refractivity contribution in [3.05, 3.63) is 64.7 Å². The molecule has 1 N–H and O–H groups in total. The number of rotatable bonds is 5. The first kappa shape index (κ1) is 18.8. The van der Waals surface area contributed by atoms with Gasteiger partial charge in [-0.3, -0.25) is 4.79 Å². The molecule has 0 aromatic heterocycles. The summed E-state index contributed by atoms with van der Waals surface area (Å²) >= 11 is 5.89. The molecule has 0 saturated carbocycles. The molecule has 1 saturated heterocycles. The van der Waals surface area contributed by atoms with Crippen LogP contribution in [0.2, 0.25) is 5.02 Å². The first-order valence-electron chi connectivity index (χ1n) is 9.40. The highest BCUT2D eigenvalue weighted by Gasteiger charge is 2.17. The summed E-state index contributed by atoms with van der Waals surface area (Å²) in [6, 6.07) is 16.0. The molecule has 1 amide bonds. The second kappa shape index (κ2) is 8.59. The maximum atomic E-state index is 12.3. The first-order valence-corrected chi connectivity index (χ1v) is 9.78. The minimum atomic E-state index is -0.0101. The van der Waals surface area contributed by atoms with Crippen molar-refractivity contribution >= 4 is 23.2 Å². The van der Waals surface area contributed by atoms with Crippen LogP contribution in [0.25, 0.3) is 0 Å². The lowest BCUT2D eigenvalue weighted by molar-refractivity contribution is -0.121. The highest BCUT2D eigenvalue weighted by Crippen LogP contribution is 2.24. The third-order valence-corrected chi connectivity index (χ3v) is 5.32. The first-order chi connectivity index (χ1) is 12.5. The van der Waals surface area contributed by atoms with Gasteiger partial charge in [0.05, 0.1) is 12.5 Å². The Balaban J connectivity index is 1.56. The predicted octanol–water partition coefficient (Wildman–Crippen LogP) is 5.00. The highest BCUT2D eigenvalue weighted by molar-refractivity contribution is 6.30. The van der Waals surface area contributed by atoms with Gasteiger partial charge in [-0.1, -0.05) is 42.8 Å². The van der Waals surface area contributed by atoms with E-state index >= 15 is 0 Å². The SMILES string of the molecule is C[C@@H]1CCCN(c2ccc([C@H](C)NC(=O)Cc3ccc(Cl)cc3)cc2)C1. The van der Waals surface area contributed by atoms with Gasteiger partial charge in [0, 0.05) is 23.8 Å². The van der Waals surface area contributed by atoms with E-state index in [1.807, 2.05) is 31.2 Å². The van der Waals surface area contributed by atoms with E-state index in [0.29, 0.717) is 11.4 Å².